The number of para-hydroxylation sites is 1. The van der Waals surface area contributed by atoms with Crippen molar-refractivity contribution in [3.63, 3.8) is 0 Å². The average molecular weight is 235 g/mol. The molecule has 1 aliphatic heterocycles. The quantitative estimate of drug-likeness (QED) is 0.422. The van der Waals surface area contributed by atoms with Crippen LogP contribution in [0.3, 0.4) is 0 Å². The normalized spacial score (nSPS) is 24.1. The molecule has 2 rings (SSSR count). The Kier molecular flexibility index (Phi) is 3.04. The maximum atomic E-state index is 9.57. The number of nitrogens with zero attached hydrogens (tertiary/aromatic N) is 1. The Bertz CT molecular complexity index is 437. The van der Waals surface area contributed by atoms with E-state index in [1.165, 1.54) is 0 Å². The van der Waals surface area contributed by atoms with E-state index in [4.69, 9.17) is 11.1 Å². The maximum absolute atomic E-state index is 9.57. The lowest BCUT2D eigenvalue weighted by atomic mass is 10.1. The lowest BCUT2D eigenvalue weighted by Gasteiger charge is -2.23. The molecular formula is C12H17N3O2. The molecule has 5 heteroatoms. The molecule has 0 amide bonds. The number of anilines is 1. The highest BCUT2D eigenvalue weighted by molar-refractivity contribution is 6.01. The minimum atomic E-state index is -0.741. The summed E-state index contributed by atoms with van der Waals surface area (Å²) in [4.78, 5) is 1.88. The van der Waals surface area contributed by atoms with Gasteiger partial charge in [0.15, 0.2) is 0 Å². The van der Waals surface area contributed by atoms with Crippen LogP contribution in [0.5, 0.6) is 0 Å². The molecule has 17 heavy (non-hydrogen) atoms. The molecule has 0 saturated carbocycles. The van der Waals surface area contributed by atoms with Gasteiger partial charge in [0.2, 0.25) is 0 Å². The number of amidine groups is 1. The first-order valence-corrected chi connectivity index (χ1v) is 5.55. The van der Waals surface area contributed by atoms with Crippen molar-refractivity contribution in [3.8, 4) is 0 Å². The molecule has 92 valence electrons. The number of nitrogens with two attached hydrogens (primary N) is 1. The average Bonchev–Trinajstić information content (AvgIpc) is 2.58. The fourth-order valence-electron chi connectivity index (χ4n) is 2.25. The summed E-state index contributed by atoms with van der Waals surface area (Å²) < 4.78 is 0. The van der Waals surface area contributed by atoms with Crippen molar-refractivity contribution in [1.29, 1.82) is 5.41 Å². The van der Waals surface area contributed by atoms with E-state index in [2.05, 4.69) is 0 Å². The van der Waals surface area contributed by atoms with E-state index in [0.29, 0.717) is 18.7 Å². The van der Waals surface area contributed by atoms with Gasteiger partial charge in [-0.05, 0) is 18.6 Å². The van der Waals surface area contributed by atoms with Crippen LogP contribution in [0, 0.1) is 12.3 Å². The number of aliphatic hydroxyl groups is 2. The number of β-amino-alcohol motifs (C(OH)–C–C–N with tert-alkyl or cyclic N) is 2. The second kappa shape index (κ2) is 4.35. The van der Waals surface area contributed by atoms with E-state index in [0.717, 1.165) is 11.3 Å². The van der Waals surface area contributed by atoms with E-state index in [1.54, 1.807) is 6.07 Å². The molecule has 1 aliphatic rings. The Hall–Kier alpha value is -1.59. The lowest BCUT2D eigenvalue weighted by molar-refractivity contribution is 0.0572. The van der Waals surface area contributed by atoms with Crippen LogP contribution < -0.4 is 10.6 Å². The van der Waals surface area contributed by atoms with Gasteiger partial charge in [0.25, 0.3) is 0 Å². The molecule has 2 unspecified atom stereocenters. The van der Waals surface area contributed by atoms with Gasteiger partial charge in [-0.3, -0.25) is 5.41 Å². The molecule has 1 saturated heterocycles. The summed E-state index contributed by atoms with van der Waals surface area (Å²) in [5.41, 5.74) is 8.01. The highest BCUT2D eigenvalue weighted by Gasteiger charge is 2.31. The maximum Gasteiger partial charge on any atom is 0.124 e. The van der Waals surface area contributed by atoms with E-state index in [1.807, 2.05) is 24.0 Å². The van der Waals surface area contributed by atoms with Gasteiger partial charge in [-0.1, -0.05) is 12.1 Å². The summed E-state index contributed by atoms with van der Waals surface area (Å²) in [6.07, 6.45) is -1.48. The fraction of sp³-hybridized carbons (Fsp3) is 0.417. The third kappa shape index (κ3) is 2.11. The third-order valence-corrected chi connectivity index (χ3v) is 3.10. The van der Waals surface area contributed by atoms with Crippen molar-refractivity contribution in [3.05, 3.63) is 29.3 Å². The Morgan fingerprint density at radius 3 is 2.47 bits per heavy atom. The van der Waals surface area contributed by atoms with Crippen LogP contribution in [0.2, 0.25) is 0 Å². The van der Waals surface area contributed by atoms with Crippen LogP contribution in [0.4, 0.5) is 5.69 Å². The van der Waals surface area contributed by atoms with Crippen LogP contribution in [0.15, 0.2) is 18.2 Å². The van der Waals surface area contributed by atoms with Gasteiger partial charge in [-0.2, -0.15) is 0 Å². The third-order valence-electron chi connectivity index (χ3n) is 3.10. The van der Waals surface area contributed by atoms with Crippen LogP contribution in [0.25, 0.3) is 0 Å². The molecule has 0 aliphatic carbocycles. The summed E-state index contributed by atoms with van der Waals surface area (Å²) in [7, 11) is 0. The second-order valence-electron chi connectivity index (χ2n) is 4.42. The molecule has 2 atom stereocenters. The van der Waals surface area contributed by atoms with Crippen molar-refractivity contribution in [2.24, 2.45) is 5.73 Å². The molecule has 0 spiro atoms. The van der Waals surface area contributed by atoms with E-state index in [9.17, 15) is 10.2 Å². The largest absolute Gasteiger partial charge is 0.389 e. The highest BCUT2D eigenvalue weighted by atomic mass is 16.3. The molecule has 0 aromatic heterocycles. The minimum absolute atomic E-state index is 0.000389. The molecule has 1 aromatic rings. The molecule has 0 bridgehead atoms. The van der Waals surface area contributed by atoms with Crippen molar-refractivity contribution in [2.75, 3.05) is 18.0 Å². The second-order valence-corrected chi connectivity index (χ2v) is 4.42. The fourth-order valence-corrected chi connectivity index (χ4v) is 2.25. The summed E-state index contributed by atoms with van der Waals surface area (Å²) in [6.45, 7) is 2.66. The Labute approximate surface area is 100.0 Å². The molecule has 0 radical (unpaired) electrons. The monoisotopic (exact) mass is 235 g/mol. The minimum Gasteiger partial charge on any atom is -0.389 e. The molecule has 5 nitrogen and oxygen atoms in total. The number of benzene rings is 1. The standard InChI is InChI=1S/C12H17N3O2/c1-7-3-2-4-8(12(13)14)11(7)15-5-9(16)10(17)6-15/h2-4,9-10,16-17H,5-6H2,1H3,(H3,13,14). The number of nitrogen functional groups attached to an aromatic ring is 1. The van der Waals surface area contributed by atoms with Gasteiger partial charge in [0, 0.05) is 18.7 Å². The topological polar surface area (TPSA) is 93.6 Å². The van der Waals surface area contributed by atoms with Crippen LogP contribution in [0.1, 0.15) is 11.1 Å². The van der Waals surface area contributed by atoms with Gasteiger partial charge in [-0.15, -0.1) is 0 Å². The van der Waals surface area contributed by atoms with Gasteiger partial charge >= 0.3 is 0 Å². The summed E-state index contributed by atoms with van der Waals surface area (Å²) in [6, 6.07) is 5.55. The summed E-state index contributed by atoms with van der Waals surface area (Å²) in [5, 5.41) is 26.7. The van der Waals surface area contributed by atoms with Crippen LogP contribution in [-0.2, 0) is 0 Å². The van der Waals surface area contributed by atoms with Crippen molar-refractivity contribution in [2.45, 2.75) is 19.1 Å². The summed E-state index contributed by atoms with van der Waals surface area (Å²) >= 11 is 0. The Balaban J connectivity index is 2.41. The number of hydrogen-bond acceptors (Lipinski definition) is 4. The van der Waals surface area contributed by atoms with Crippen molar-refractivity contribution >= 4 is 11.5 Å². The predicted molar refractivity (Wildman–Crippen MR) is 66.4 cm³/mol. The first-order chi connectivity index (χ1) is 8.00. The highest BCUT2D eigenvalue weighted by Crippen LogP contribution is 2.28. The number of rotatable bonds is 2. The zero-order valence-electron chi connectivity index (χ0n) is 9.72. The smallest absolute Gasteiger partial charge is 0.124 e. The zero-order chi connectivity index (χ0) is 12.6. The number of aliphatic hydroxyl groups excluding tert-OH is 2. The van der Waals surface area contributed by atoms with E-state index < -0.39 is 12.2 Å². The molecule has 5 N–H and O–H groups in total. The van der Waals surface area contributed by atoms with Gasteiger partial charge in [0.05, 0.1) is 17.9 Å². The van der Waals surface area contributed by atoms with Gasteiger partial charge < -0.3 is 20.8 Å². The van der Waals surface area contributed by atoms with E-state index in [-0.39, 0.29) is 5.84 Å². The molecule has 1 heterocycles. The van der Waals surface area contributed by atoms with Gasteiger partial charge in [0.1, 0.15) is 5.84 Å². The predicted octanol–water partition coefficient (Wildman–Crippen LogP) is -0.179. The number of nitrogens with one attached hydrogen (secondary N) is 1. The van der Waals surface area contributed by atoms with Crippen LogP contribution >= 0.6 is 0 Å². The SMILES string of the molecule is Cc1cccc(C(=N)N)c1N1CC(O)C(O)C1. The summed E-state index contributed by atoms with van der Waals surface area (Å²) in [5.74, 6) is -0.000389. The van der Waals surface area contributed by atoms with E-state index >= 15 is 0 Å². The van der Waals surface area contributed by atoms with Crippen molar-refractivity contribution in [1.82, 2.24) is 0 Å². The number of hydrogen-bond donors (Lipinski definition) is 4. The molecule has 1 fully saturated rings. The molecular weight excluding hydrogens is 218 g/mol. The molecule has 1 aromatic carbocycles. The lowest BCUT2D eigenvalue weighted by Crippen LogP contribution is -2.26. The van der Waals surface area contributed by atoms with Gasteiger partial charge in [-0.25, -0.2) is 0 Å². The zero-order valence-corrected chi connectivity index (χ0v) is 9.72. The number of aryl methyl sites for hydroxylation is 1. The Morgan fingerprint density at radius 2 is 1.94 bits per heavy atom. The van der Waals surface area contributed by atoms with Crippen LogP contribution in [-0.4, -0.2) is 41.3 Å². The Morgan fingerprint density at radius 1 is 1.35 bits per heavy atom. The first kappa shape index (κ1) is 11.9. The van der Waals surface area contributed by atoms with Crippen molar-refractivity contribution < 1.29 is 10.2 Å². The first-order valence-electron chi connectivity index (χ1n) is 5.55.